The van der Waals surface area contributed by atoms with Crippen LogP contribution in [0.15, 0.2) is 0 Å². The normalized spacial score (nSPS) is 15.3. The van der Waals surface area contributed by atoms with Crippen LogP contribution in [0.25, 0.3) is 0 Å². The summed E-state index contributed by atoms with van der Waals surface area (Å²) in [5, 5.41) is 4.08. The van der Waals surface area contributed by atoms with Gasteiger partial charge in [-0.3, -0.25) is 0 Å². The van der Waals surface area contributed by atoms with Crippen LogP contribution in [0.2, 0.25) is 5.15 Å². The number of rotatable bonds is 3. The first-order valence-electron chi connectivity index (χ1n) is 4.22. The molecule has 14 heavy (non-hydrogen) atoms. The summed E-state index contributed by atoms with van der Waals surface area (Å²) in [6.45, 7) is 0. The minimum absolute atomic E-state index is 0.213. The van der Waals surface area contributed by atoms with Crippen LogP contribution in [-0.2, 0) is 4.74 Å². The Hall–Kier alpha value is -0.810. The summed E-state index contributed by atoms with van der Waals surface area (Å²) in [5.74, 6) is -0.434. The largest absolute Gasteiger partial charge is 0.465 e. The Kier molecular flexibility index (Phi) is 2.60. The quantitative estimate of drug-likeness (QED) is 0.812. The molecule has 1 heterocycles. The third-order valence-electron chi connectivity index (χ3n) is 1.86. The van der Waals surface area contributed by atoms with Gasteiger partial charge in [0.25, 0.3) is 0 Å². The monoisotopic (exact) mass is 232 g/mol. The number of hydrogen-bond donors (Lipinski definition) is 1. The molecule has 0 bridgehead atoms. The molecule has 1 aromatic heterocycles. The zero-order valence-corrected chi connectivity index (χ0v) is 9.11. The summed E-state index contributed by atoms with van der Waals surface area (Å²) in [7, 11) is 1.33. The fourth-order valence-corrected chi connectivity index (χ4v) is 2.16. The molecule has 0 amide bonds. The van der Waals surface area contributed by atoms with Gasteiger partial charge in [0.1, 0.15) is 0 Å². The number of ether oxygens (including phenoxy) is 1. The first-order valence-corrected chi connectivity index (χ1v) is 5.41. The fraction of sp³-hybridized carbons (Fsp3) is 0.500. The van der Waals surface area contributed by atoms with Crippen molar-refractivity contribution in [2.75, 3.05) is 12.4 Å². The third-order valence-corrected chi connectivity index (χ3v) is 3.21. The number of aromatic nitrogens is 1. The van der Waals surface area contributed by atoms with E-state index in [0.717, 1.165) is 12.8 Å². The molecule has 0 aromatic carbocycles. The second-order valence-electron chi connectivity index (χ2n) is 3.05. The van der Waals surface area contributed by atoms with Crippen molar-refractivity contribution in [1.29, 1.82) is 0 Å². The molecule has 0 radical (unpaired) electrons. The van der Waals surface area contributed by atoms with Gasteiger partial charge >= 0.3 is 5.97 Å². The van der Waals surface area contributed by atoms with Crippen LogP contribution in [0, 0.1) is 0 Å². The summed E-state index contributed by atoms with van der Waals surface area (Å²) < 4.78 is 4.57. The van der Waals surface area contributed by atoms with Gasteiger partial charge in [0, 0.05) is 6.04 Å². The zero-order valence-electron chi connectivity index (χ0n) is 7.54. The van der Waals surface area contributed by atoms with Crippen LogP contribution in [-0.4, -0.2) is 24.1 Å². The number of thiazole rings is 1. The molecule has 0 aliphatic heterocycles. The molecule has 2 rings (SSSR count). The molecule has 0 saturated heterocycles. The van der Waals surface area contributed by atoms with Gasteiger partial charge in [0.15, 0.2) is 15.2 Å². The van der Waals surface area contributed by atoms with Crippen molar-refractivity contribution in [3.8, 4) is 0 Å². The predicted molar refractivity (Wildman–Crippen MR) is 55.1 cm³/mol. The van der Waals surface area contributed by atoms with Crippen molar-refractivity contribution in [2.24, 2.45) is 0 Å². The third kappa shape index (κ3) is 1.99. The van der Waals surface area contributed by atoms with E-state index in [1.807, 2.05) is 0 Å². The topological polar surface area (TPSA) is 51.2 Å². The van der Waals surface area contributed by atoms with E-state index in [9.17, 15) is 4.79 Å². The number of carbonyl (C=O) groups is 1. The van der Waals surface area contributed by atoms with Gasteiger partial charge in [-0.15, -0.1) is 0 Å². The Morgan fingerprint density at radius 1 is 1.71 bits per heavy atom. The summed E-state index contributed by atoms with van der Waals surface area (Å²) in [4.78, 5) is 15.6. The minimum Gasteiger partial charge on any atom is -0.465 e. The number of anilines is 1. The second kappa shape index (κ2) is 3.74. The highest BCUT2D eigenvalue weighted by atomic mass is 35.5. The lowest BCUT2D eigenvalue weighted by Crippen LogP contribution is -1.99. The summed E-state index contributed by atoms with van der Waals surface area (Å²) in [6, 6.07) is 0.503. The van der Waals surface area contributed by atoms with Crippen molar-refractivity contribution in [1.82, 2.24) is 4.98 Å². The maximum atomic E-state index is 11.2. The summed E-state index contributed by atoms with van der Waals surface area (Å²) in [6.07, 6.45) is 2.31. The predicted octanol–water partition coefficient (Wildman–Crippen LogP) is 2.16. The molecule has 0 atom stereocenters. The molecule has 76 valence electrons. The number of methoxy groups -OCH3 is 1. The smallest absolute Gasteiger partial charge is 0.351 e. The van der Waals surface area contributed by atoms with Crippen LogP contribution in [0.3, 0.4) is 0 Å². The Labute approximate surface area is 90.2 Å². The van der Waals surface area contributed by atoms with Crippen molar-refractivity contribution in [3.05, 3.63) is 10.0 Å². The number of carbonyl (C=O) groups excluding carboxylic acids is 1. The van der Waals surface area contributed by atoms with E-state index in [0.29, 0.717) is 16.1 Å². The number of halogens is 1. The lowest BCUT2D eigenvalue weighted by Gasteiger charge is -1.95. The molecule has 1 aromatic rings. The number of esters is 1. The van der Waals surface area contributed by atoms with Gasteiger partial charge in [-0.1, -0.05) is 22.9 Å². The molecule has 1 aliphatic carbocycles. The van der Waals surface area contributed by atoms with Crippen molar-refractivity contribution in [3.63, 3.8) is 0 Å². The average Bonchev–Trinajstić information content (AvgIpc) is 2.89. The van der Waals surface area contributed by atoms with Crippen molar-refractivity contribution < 1.29 is 9.53 Å². The van der Waals surface area contributed by atoms with Crippen molar-refractivity contribution in [2.45, 2.75) is 18.9 Å². The average molecular weight is 233 g/mol. The number of nitrogens with zero attached hydrogens (tertiary/aromatic N) is 1. The lowest BCUT2D eigenvalue weighted by atomic mass is 10.6. The van der Waals surface area contributed by atoms with Gasteiger partial charge in [-0.2, -0.15) is 0 Å². The Morgan fingerprint density at radius 3 is 3.00 bits per heavy atom. The van der Waals surface area contributed by atoms with Crippen LogP contribution in [0.5, 0.6) is 0 Å². The van der Waals surface area contributed by atoms with E-state index in [2.05, 4.69) is 15.0 Å². The van der Waals surface area contributed by atoms with Crippen LogP contribution >= 0.6 is 22.9 Å². The highest BCUT2D eigenvalue weighted by Crippen LogP contribution is 2.31. The van der Waals surface area contributed by atoms with Crippen molar-refractivity contribution >= 4 is 34.0 Å². The van der Waals surface area contributed by atoms with Crippen LogP contribution in [0.4, 0.5) is 5.13 Å². The zero-order chi connectivity index (χ0) is 10.1. The van der Waals surface area contributed by atoms with E-state index in [1.54, 1.807) is 0 Å². The molecule has 4 nitrogen and oxygen atoms in total. The van der Waals surface area contributed by atoms with E-state index in [4.69, 9.17) is 11.6 Å². The fourth-order valence-electron chi connectivity index (χ4n) is 0.984. The highest BCUT2D eigenvalue weighted by Gasteiger charge is 2.24. The maximum Gasteiger partial charge on any atom is 0.351 e. The summed E-state index contributed by atoms with van der Waals surface area (Å²) >= 11 is 7.01. The molecular formula is C8H9ClN2O2S. The molecular weight excluding hydrogens is 224 g/mol. The summed E-state index contributed by atoms with van der Waals surface area (Å²) in [5.41, 5.74) is 0. The second-order valence-corrected chi connectivity index (χ2v) is 4.41. The maximum absolute atomic E-state index is 11.2. The minimum atomic E-state index is -0.434. The molecule has 6 heteroatoms. The van der Waals surface area contributed by atoms with E-state index in [1.165, 1.54) is 18.4 Å². The van der Waals surface area contributed by atoms with Crippen LogP contribution in [0.1, 0.15) is 22.5 Å². The van der Waals surface area contributed by atoms with Gasteiger partial charge in [-0.05, 0) is 12.8 Å². The van der Waals surface area contributed by atoms with E-state index >= 15 is 0 Å². The Bertz CT molecular complexity index is 362. The standard InChI is InChI=1S/C8H9ClN2O2S/c1-13-7(12)5-6(9)11-8(14-5)10-4-2-3-4/h4H,2-3H2,1H3,(H,10,11). The molecule has 0 unspecified atom stereocenters. The SMILES string of the molecule is COC(=O)c1sc(NC2CC2)nc1Cl. The highest BCUT2D eigenvalue weighted by molar-refractivity contribution is 7.18. The van der Waals surface area contributed by atoms with E-state index < -0.39 is 5.97 Å². The first kappa shape index (κ1) is 9.73. The molecule has 1 saturated carbocycles. The molecule has 0 spiro atoms. The van der Waals surface area contributed by atoms with Gasteiger partial charge in [0.05, 0.1) is 7.11 Å². The Morgan fingerprint density at radius 2 is 2.43 bits per heavy atom. The number of nitrogens with one attached hydrogen (secondary N) is 1. The first-order chi connectivity index (χ1) is 6.70. The molecule has 1 aliphatic rings. The van der Waals surface area contributed by atoms with Gasteiger partial charge in [0.2, 0.25) is 0 Å². The van der Waals surface area contributed by atoms with Gasteiger partial charge in [-0.25, -0.2) is 9.78 Å². The lowest BCUT2D eigenvalue weighted by molar-refractivity contribution is 0.0606. The van der Waals surface area contributed by atoms with Gasteiger partial charge < -0.3 is 10.1 Å². The molecule has 1 fully saturated rings. The molecule has 1 N–H and O–H groups in total. The number of hydrogen-bond acceptors (Lipinski definition) is 5. The Balaban J connectivity index is 2.15. The van der Waals surface area contributed by atoms with E-state index in [-0.39, 0.29) is 5.15 Å². The van der Waals surface area contributed by atoms with Crippen LogP contribution < -0.4 is 5.32 Å².